The van der Waals surface area contributed by atoms with Gasteiger partial charge in [0.25, 0.3) is 0 Å². The first kappa shape index (κ1) is 19.7. The Morgan fingerprint density at radius 1 is 1.44 bits per heavy atom. The third-order valence-electron chi connectivity index (χ3n) is 4.74. The molecular weight excluding hydrogens is 431 g/mol. The van der Waals surface area contributed by atoms with Gasteiger partial charge in [0.05, 0.1) is 11.9 Å². The van der Waals surface area contributed by atoms with Gasteiger partial charge in [-0.2, -0.15) is 5.10 Å². The fourth-order valence-electron chi connectivity index (χ4n) is 3.37. The van der Waals surface area contributed by atoms with Gasteiger partial charge in [0.15, 0.2) is 5.96 Å². The zero-order chi connectivity index (χ0) is 17.1. The highest BCUT2D eigenvalue weighted by atomic mass is 127. The molecule has 0 bridgehead atoms. The van der Waals surface area contributed by atoms with Gasteiger partial charge in [-0.3, -0.25) is 9.67 Å². The molecular formula is C17H27IN6O. The van der Waals surface area contributed by atoms with Crippen molar-refractivity contribution in [3.63, 3.8) is 0 Å². The average molecular weight is 458 g/mol. The third-order valence-corrected chi connectivity index (χ3v) is 4.74. The van der Waals surface area contributed by atoms with Gasteiger partial charge in [-0.1, -0.05) is 5.16 Å². The van der Waals surface area contributed by atoms with Crippen LogP contribution in [0.15, 0.2) is 21.9 Å². The highest BCUT2D eigenvalue weighted by molar-refractivity contribution is 14.0. The minimum Gasteiger partial charge on any atom is -0.361 e. The summed E-state index contributed by atoms with van der Waals surface area (Å²) in [6.07, 6.45) is 6.11. The van der Waals surface area contributed by atoms with E-state index in [4.69, 9.17) is 4.52 Å². The molecule has 1 unspecified atom stereocenters. The normalized spacial score (nSPS) is 17.7. The quantitative estimate of drug-likeness (QED) is 0.433. The van der Waals surface area contributed by atoms with Crippen molar-refractivity contribution < 1.29 is 4.52 Å². The van der Waals surface area contributed by atoms with Gasteiger partial charge in [0.1, 0.15) is 5.76 Å². The predicted octanol–water partition coefficient (Wildman–Crippen LogP) is 2.25. The second-order valence-electron chi connectivity index (χ2n) is 6.41. The molecule has 8 heteroatoms. The summed E-state index contributed by atoms with van der Waals surface area (Å²) in [4.78, 5) is 6.76. The van der Waals surface area contributed by atoms with E-state index in [0.29, 0.717) is 5.92 Å². The first-order valence-corrected chi connectivity index (χ1v) is 8.44. The summed E-state index contributed by atoms with van der Waals surface area (Å²) in [6.45, 7) is 6.77. The lowest BCUT2D eigenvalue weighted by Gasteiger charge is -2.21. The smallest absolute Gasteiger partial charge is 0.193 e. The molecule has 7 nitrogen and oxygen atoms in total. The molecule has 1 atom stereocenters. The van der Waals surface area contributed by atoms with Crippen LogP contribution in [0.5, 0.6) is 0 Å². The number of halogens is 1. The third kappa shape index (κ3) is 4.53. The standard InChI is InChI=1S/C17H26N6O.HI/c1-12-16(13(2)24-21-12)5-7-19-17(18-3)23-8-6-14(11-23)15-9-20-22(4)10-15;/h9-10,14H,5-8,11H2,1-4H3,(H,18,19);1H. The highest BCUT2D eigenvalue weighted by Gasteiger charge is 2.26. The number of likely N-dealkylation sites (tertiary alicyclic amines) is 1. The van der Waals surface area contributed by atoms with Gasteiger partial charge in [-0.25, -0.2) is 0 Å². The molecule has 1 aliphatic heterocycles. The number of hydrogen-bond acceptors (Lipinski definition) is 4. The molecule has 0 saturated carbocycles. The summed E-state index contributed by atoms with van der Waals surface area (Å²) in [7, 11) is 3.81. The summed E-state index contributed by atoms with van der Waals surface area (Å²) in [6, 6.07) is 0. The maximum atomic E-state index is 5.22. The van der Waals surface area contributed by atoms with Crippen LogP contribution < -0.4 is 5.32 Å². The molecule has 0 aromatic carbocycles. The summed E-state index contributed by atoms with van der Waals surface area (Å²) >= 11 is 0. The lowest BCUT2D eigenvalue weighted by molar-refractivity contribution is 0.392. The van der Waals surface area contributed by atoms with E-state index in [0.717, 1.165) is 49.9 Å². The fraction of sp³-hybridized carbons (Fsp3) is 0.588. The monoisotopic (exact) mass is 458 g/mol. The Morgan fingerprint density at radius 2 is 2.24 bits per heavy atom. The van der Waals surface area contributed by atoms with E-state index in [1.807, 2.05) is 38.8 Å². The summed E-state index contributed by atoms with van der Waals surface area (Å²) < 4.78 is 7.09. The van der Waals surface area contributed by atoms with Crippen molar-refractivity contribution in [1.82, 2.24) is 25.2 Å². The zero-order valence-electron chi connectivity index (χ0n) is 15.3. The van der Waals surface area contributed by atoms with Crippen molar-refractivity contribution in [2.75, 3.05) is 26.7 Å². The topological polar surface area (TPSA) is 71.5 Å². The van der Waals surface area contributed by atoms with Crippen LogP contribution >= 0.6 is 24.0 Å². The van der Waals surface area contributed by atoms with Gasteiger partial charge in [-0.15, -0.1) is 24.0 Å². The Morgan fingerprint density at radius 3 is 2.84 bits per heavy atom. The van der Waals surface area contributed by atoms with Gasteiger partial charge in [0, 0.05) is 51.4 Å². The number of nitrogens with one attached hydrogen (secondary N) is 1. The molecule has 138 valence electrons. The number of aryl methyl sites for hydroxylation is 3. The maximum Gasteiger partial charge on any atom is 0.193 e. The average Bonchev–Trinajstić information content (AvgIpc) is 3.27. The van der Waals surface area contributed by atoms with Crippen LogP contribution in [0, 0.1) is 13.8 Å². The molecule has 2 aromatic rings. The number of hydrogen-bond donors (Lipinski definition) is 1. The van der Waals surface area contributed by atoms with Crippen LogP contribution in [-0.4, -0.2) is 52.5 Å². The number of aromatic nitrogens is 3. The Hall–Kier alpha value is -1.58. The van der Waals surface area contributed by atoms with Crippen molar-refractivity contribution in [2.24, 2.45) is 12.0 Å². The van der Waals surface area contributed by atoms with Gasteiger partial charge < -0.3 is 14.7 Å². The van der Waals surface area contributed by atoms with Crippen LogP contribution in [0.1, 0.15) is 34.9 Å². The van der Waals surface area contributed by atoms with E-state index in [2.05, 4.69) is 31.7 Å². The molecule has 2 aromatic heterocycles. The molecule has 0 aliphatic carbocycles. The van der Waals surface area contributed by atoms with E-state index in [1.54, 1.807) is 0 Å². The van der Waals surface area contributed by atoms with Crippen molar-refractivity contribution in [2.45, 2.75) is 32.6 Å². The second kappa shape index (κ2) is 8.68. The maximum absolute atomic E-state index is 5.22. The number of guanidine groups is 1. The number of nitrogens with zero attached hydrogens (tertiary/aromatic N) is 5. The summed E-state index contributed by atoms with van der Waals surface area (Å²) in [5.41, 5.74) is 3.47. The molecule has 1 N–H and O–H groups in total. The molecule has 25 heavy (non-hydrogen) atoms. The fourth-order valence-corrected chi connectivity index (χ4v) is 3.37. The van der Waals surface area contributed by atoms with Crippen molar-refractivity contribution in [3.05, 3.63) is 35.0 Å². The molecule has 1 aliphatic rings. The molecule has 0 radical (unpaired) electrons. The van der Waals surface area contributed by atoms with E-state index in [-0.39, 0.29) is 24.0 Å². The van der Waals surface area contributed by atoms with Gasteiger partial charge in [-0.05, 0) is 32.3 Å². The Bertz CT molecular complexity index is 703. The Balaban J connectivity index is 0.00000225. The summed E-state index contributed by atoms with van der Waals surface area (Å²) in [5, 5.41) is 11.8. The zero-order valence-corrected chi connectivity index (χ0v) is 17.7. The van der Waals surface area contributed by atoms with E-state index < -0.39 is 0 Å². The van der Waals surface area contributed by atoms with Crippen molar-refractivity contribution in [3.8, 4) is 0 Å². The first-order valence-electron chi connectivity index (χ1n) is 8.44. The highest BCUT2D eigenvalue weighted by Crippen LogP contribution is 2.26. The molecule has 3 heterocycles. The minimum absolute atomic E-state index is 0. The molecule has 3 rings (SSSR count). The van der Waals surface area contributed by atoms with Crippen molar-refractivity contribution in [1.29, 1.82) is 0 Å². The lowest BCUT2D eigenvalue weighted by Crippen LogP contribution is -2.40. The largest absolute Gasteiger partial charge is 0.361 e. The Labute approximate surface area is 165 Å². The lowest BCUT2D eigenvalue weighted by atomic mass is 10.0. The van der Waals surface area contributed by atoms with Crippen LogP contribution in [0.4, 0.5) is 0 Å². The Kier molecular flexibility index (Phi) is 6.86. The van der Waals surface area contributed by atoms with Gasteiger partial charge >= 0.3 is 0 Å². The van der Waals surface area contributed by atoms with Crippen LogP contribution in [-0.2, 0) is 13.5 Å². The predicted molar refractivity (Wildman–Crippen MR) is 109 cm³/mol. The minimum atomic E-state index is 0. The second-order valence-corrected chi connectivity index (χ2v) is 6.41. The van der Waals surface area contributed by atoms with E-state index in [9.17, 15) is 0 Å². The summed E-state index contributed by atoms with van der Waals surface area (Å²) in [5.74, 6) is 2.40. The van der Waals surface area contributed by atoms with Crippen molar-refractivity contribution >= 4 is 29.9 Å². The number of aliphatic imine (C=N–C) groups is 1. The van der Waals surface area contributed by atoms with E-state index >= 15 is 0 Å². The first-order chi connectivity index (χ1) is 11.6. The van der Waals surface area contributed by atoms with E-state index in [1.165, 1.54) is 11.1 Å². The molecule has 1 saturated heterocycles. The molecule has 0 amide bonds. The number of rotatable bonds is 4. The van der Waals surface area contributed by atoms with Crippen LogP contribution in [0.25, 0.3) is 0 Å². The van der Waals surface area contributed by atoms with Crippen LogP contribution in [0.3, 0.4) is 0 Å². The van der Waals surface area contributed by atoms with Gasteiger partial charge in [0.2, 0.25) is 0 Å². The van der Waals surface area contributed by atoms with Crippen LogP contribution in [0.2, 0.25) is 0 Å². The molecule has 0 spiro atoms. The molecule has 1 fully saturated rings. The SMILES string of the molecule is CN=C(NCCc1c(C)noc1C)N1CCC(c2cnn(C)c2)C1.I.